The first-order valence-electron chi connectivity index (χ1n) is 7.61. The van der Waals surface area contributed by atoms with E-state index in [0.29, 0.717) is 27.8 Å². The molecule has 0 unspecified atom stereocenters. The van der Waals surface area contributed by atoms with Crippen LogP contribution in [-0.2, 0) is 4.79 Å². The van der Waals surface area contributed by atoms with Gasteiger partial charge in [-0.25, -0.2) is 0 Å². The summed E-state index contributed by atoms with van der Waals surface area (Å²) >= 11 is 6.07. The first-order valence-corrected chi connectivity index (χ1v) is 7.99. The smallest absolute Gasteiger partial charge is 0.270 e. The van der Waals surface area contributed by atoms with E-state index in [4.69, 9.17) is 26.6 Å². The number of ether oxygens (including phenoxy) is 2. The Balaban J connectivity index is 1.76. The molecule has 2 aliphatic rings. The molecule has 0 spiro atoms. The highest BCUT2D eigenvalue weighted by Gasteiger charge is 2.56. The number of hydrogen-bond donors (Lipinski definition) is 0. The van der Waals surface area contributed by atoms with Gasteiger partial charge in [0, 0.05) is 21.2 Å². The molecule has 0 saturated carbocycles. The lowest BCUT2D eigenvalue weighted by atomic mass is 9.83. The Morgan fingerprint density at radius 1 is 1.28 bits per heavy atom. The van der Waals surface area contributed by atoms with E-state index >= 15 is 0 Å². The van der Waals surface area contributed by atoms with Gasteiger partial charge in [0.05, 0.1) is 19.2 Å². The molecule has 0 aromatic heterocycles. The maximum Gasteiger partial charge on any atom is 0.270 e. The summed E-state index contributed by atoms with van der Waals surface area (Å²) in [6, 6.07) is 11.2. The van der Waals surface area contributed by atoms with E-state index in [1.54, 1.807) is 54.5 Å². The van der Waals surface area contributed by atoms with Crippen molar-refractivity contribution in [3.63, 3.8) is 0 Å². The van der Waals surface area contributed by atoms with Crippen molar-refractivity contribution in [3.05, 3.63) is 63.5 Å². The van der Waals surface area contributed by atoms with Crippen molar-refractivity contribution in [2.75, 3.05) is 12.0 Å². The molecule has 1 saturated heterocycles. The summed E-state index contributed by atoms with van der Waals surface area (Å²) in [5.41, 5.74) is 10.4. The van der Waals surface area contributed by atoms with Gasteiger partial charge in [0.1, 0.15) is 11.5 Å². The van der Waals surface area contributed by atoms with Crippen LogP contribution in [0.15, 0.2) is 47.6 Å². The van der Waals surface area contributed by atoms with E-state index in [2.05, 4.69) is 10.0 Å². The van der Waals surface area contributed by atoms with Crippen LogP contribution in [0.5, 0.6) is 11.5 Å². The van der Waals surface area contributed by atoms with Crippen molar-refractivity contribution >= 4 is 23.2 Å². The third-order valence-corrected chi connectivity index (χ3v) is 4.72. The van der Waals surface area contributed by atoms with Gasteiger partial charge in [0.15, 0.2) is 6.10 Å². The number of halogens is 1. The van der Waals surface area contributed by atoms with Gasteiger partial charge < -0.3 is 14.4 Å². The Morgan fingerprint density at radius 2 is 2.04 bits per heavy atom. The standard InChI is InChI=1S/C17H13ClN4O3/c1-24-11-5-3-10(4-6-11)22-15-14(20-21-19)12-8-9(18)2-7-13(12)25-16(15)17(22)23/h2-8,14-16H,1H3/t14-,15-,16+/m1/s1. The van der Waals surface area contributed by atoms with Crippen molar-refractivity contribution in [2.45, 2.75) is 18.2 Å². The van der Waals surface area contributed by atoms with Crippen LogP contribution in [0.25, 0.3) is 10.4 Å². The zero-order valence-electron chi connectivity index (χ0n) is 13.2. The highest BCUT2D eigenvalue weighted by Crippen LogP contribution is 2.47. The molecule has 3 atom stereocenters. The Kier molecular flexibility index (Phi) is 3.67. The Bertz CT molecular complexity index is 895. The molecule has 0 radical (unpaired) electrons. The minimum Gasteiger partial charge on any atom is -0.497 e. The second-order valence-corrected chi connectivity index (χ2v) is 6.20. The van der Waals surface area contributed by atoms with Gasteiger partial charge in [-0.15, -0.1) is 0 Å². The topological polar surface area (TPSA) is 87.5 Å². The number of carbonyl (C=O) groups is 1. The minimum atomic E-state index is -0.675. The molecule has 0 aliphatic carbocycles. The average molecular weight is 357 g/mol. The van der Waals surface area contributed by atoms with Crippen LogP contribution in [0.2, 0.25) is 5.02 Å². The molecule has 126 valence electrons. The normalized spacial score (nSPS) is 23.5. The predicted molar refractivity (Wildman–Crippen MR) is 92.0 cm³/mol. The molecule has 25 heavy (non-hydrogen) atoms. The molecule has 2 aromatic rings. The summed E-state index contributed by atoms with van der Waals surface area (Å²) in [5.74, 6) is 1.04. The molecular weight excluding hydrogens is 344 g/mol. The highest BCUT2D eigenvalue weighted by atomic mass is 35.5. The lowest BCUT2D eigenvalue weighted by Crippen LogP contribution is -2.70. The molecular formula is C17H13ClN4O3. The highest BCUT2D eigenvalue weighted by molar-refractivity contribution is 6.30. The number of hydrogen-bond acceptors (Lipinski definition) is 4. The second-order valence-electron chi connectivity index (χ2n) is 5.77. The van der Waals surface area contributed by atoms with Gasteiger partial charge in [-0.05, 0) is 48.0 Å². The summed E-state index contributed by atoms with van der Waals surface area (Å²) < 4.78 is 11.0. The molecule has 8 heteroatoms. The lowest BCUT2D eigenvalue weighted by Gasteiger charge is -2.51. The quantitative estimate of drug-likeness (QED) is 0.362. The fourth-order valence-electron chi connectivity index (χ4n) is 3.32. The molecule has 7 nitrogen and oxygen atoms in total. The van der Waals surface area contributed by atoms with E-state index in [9.17, 15) is 4.79 Å². The maximum absolute atomic E-state index is 12.6. The first-order chi connectivity index (χ1) is 12.1. The average Bonchev–Trinajstić information content (AvgIpc) is 2.63. The number of benzene rings is 2. The Labute approximate surface area is 148 Å². The van der Waals surface area contributed by atoms with Gasteiger partial charge in [-0.3, -0.25) is 4.79 Å². The SMILES string of the molecule is COc1ccc(N2C(=O)[C@H]3Oc4ccc(Cl)cc4[C@@H](N=[N+]=[N-])[C@H]32)cc1. The van der Waals surface area contributed by atoms with Gasteiger partial charge in [0.2, 0.25) is 0 Å². The van der Waals surface area contributed by atoms with Crippen molar-refractivity contribution < 1.29 is 14.3 Å². The van der Waals surface area contributed by atoms with Gasteiger partial charge in [-0.1, -0.05) is 16.7 Å². The van der Waals surface area contributed by atoms with Crippen LogP contribution in [0, 0.1) is 0 Å². The number of β-lactam (4-membered cyclic amide) rings is 1. The fraction of sp³-hybridized carbons (Fsp3) is 0.235. The van der Waals surface area contributed by atoms with E-state index in [1.165, 1.54) is 0 Å². The lowest BCUT2D eigenvalue weighted by molar-refractivity contribution is -0.136. The summed E-state index contributed by atoms with van der Waals surface area (Å²) in [5, 5.41) is 4.43. The summed E-state index contributed by atoms with van der Waals surface area (Å²) in [4.78, 5) is 17.1. The van der Waals surface area contributed by atoms with E-state index < -0.39 is 18.2 Å². The minimum absolute atomic E-state index is 0.172. The number of carbonyl (C=O) groups excluding carboxylic acids is 1. The Hall–Kier alpha value is -2.89. The van der Waals surface area contributed by atoms with Crippen LogP contribution >= 0.6 is 11.6 Å². The largest absolute Gasteiger partial charge is 0.497 e. The van der Waals surface area contributed by atoms with Crippen molar-refractivity contribution in [2.24, 2.45) is 5.11 Å². The zero-order valence-corrected chi connectivity index (χ0v) is 13.9. The second kappa shape index (κ2) is 5.88. The monoisotopic (exact) mass is 356 g/mol. The van der Waals surface area contributed by atoms with Crippen LogP contribution in [-0.4, -0.2) is 25.2 Å². The number of fused-ring (bicyclic) bond motifs is 2. The van der Waals surface area contributed by atoms with Crippen molar-refractivity contribution in [1.29, 1.82) is 0 Å². The van der Waals surface area contributed by atoms with Crippen LogP contribution in [0.1, 0.15) is 11.6 Å². The van der Waals surface area contributed by atoms with Gasteiger partial charge >= 0.3 is 0 Å². The summed E-state index contributed by atoms with van der Waals surface area (Å²) in [6.07, 6.45) is -0.675. The summed E-state index contributed by atoms with van der Waals surface area (Å²) in [7, 11) is 1.58. The number of amides is 1. The number of nitrogens with zero attached hydrogens (tertiary/aromatic N) is 4. The number of rotatable bonds is 3. The molecule has 1 amide bonds. The van der Waals surface area contributed by atoms with Gasteiger partial charge in [0.25, 0.3) is 5.91 Å². The van der Waals surface area contributed by atoms with Crippen molar-refractivity contribution in [1.82, 2.24) is 0 Å². The third-order valence-electron chi connectivity index (χ3n) is 4.48. The maximum atomic E-state index is 12.6. The molecule has 2 heterocycles. The number of anilines is 1. The van der Waals surface area contributed by atoms with Crippen LogP contribution in [0.4, 0.5) is 5.69 Å². The van der Waals surface area contributed by atoms with Gasteiger partial charge in [-0.2, -0.15) is 0 Å². The van der Waals surface area contributed by atoms with E-state index in [1.807, 2.05) is 0 Å². The third kappa shape index (κ3) is 2.36. The molecule has 0 N–H and O–H groups in total. The number of methoxy groups -OCH3 is 1. The first kappa shape index (κ1) is 15.6. The fourth-order valence-corrected chi connectivity index (χ4v) is 3.50. The summed E-state index contributed by atoms with van der Waals surface area (Å²) in [6.45, 7) is 0. The molecule has 2 aromatic carbocycles. The Morgan fingerprint density at radius 3 is 2.72 bits per heavy atom. The number of azide groups is 1. The van der Waals surface area contributed by atoms with Crippen molar-refractivity contribution in [3.8, 4) is 11.5 Å². The molecule has 2 aliphatic heterocycles. The molecule has 0 bridgehead atoms. The van der Waals surface area contributed by atoms with Crippen LogP contribution < -0.4 is 14.4 Å². The molecule has 4 rings (SSSR count). The van der Waals surface area contributed by atoms with Crippen LogP contribution in [0.3, 0.4) is 0 Å². The van der Waals surface area contributed by atoms with E-state index in [0.717, 1.165) is 0 Å². The predicted octanol–water partition coefficient (Wildman–Crippen LogP) is 3.88. The molecule has 1 fully saturated rings. The zero-order chi connectivity index (χ0) is 17.6. The van der Waals surface area contributed by atoms with E-state index in [-0.39, 0.29) is 5.91 Å².